The first-order chi connectivity index (χ1) is 7.12. The van der Waals surface area contributed by atoms with Crippen LogP contribution in [0.15, 0.2) is 0 Å². The van der Waals surface area contributed by atoms with E-state index in [1.807, 2.05) is 0 Å². The second-order valence-electron chi connectivity index (χ2n) is 4.66. The van der Waals surface area contributed by atoms with Gasteiger partial charge >= 0.3 is 0 Å². The Morgan fingerprint density at radius 1 is 1.25 bits per heavy atom. The number of likely N-dealkylation sites (N-methyl/N-ethyl adjacent to an activating group) is 2. The Morgan fingerprint density at radius 2 is 1.69 bits per heavy atom. The zero-order valence-electron chi connectivity index (χ0n) is 9.88. The van der Waals surface area contributed by atoms with E-state index in [9.17, 15) is 9.59 Å². The van der Waals surface area contributed by atoms with Crippen molar-refractivity contribution in [1.29, 1.82) is 0 Å². The van der Waals surface area contributed by atoms with E-state index in [2.05, 4.69) is 0 Å². The van der Waals surface area contributed by atoms with E-state index in [4.69, 9.17) is 23.2 Å². The van der Waals surface area contributed by atoms with Crippen molar-refractivity contribution in [3.05, 3.63) is 0 Å². The summed E-state index contributed by atoms with van der Waals surface area (Å²) in [7, 11) is 4.87. The second kappa shape index (κ2) is 4.08. The maximum absolute atomic E-state index is 12.0. The first kappa shape index (κ1) is 13.6. The fourth-order valence-electron chi connectivity index (χ4n) is 1.47. The number of carbonyl (C=O) groups is 2. The van der Waals surface area contributed by atoms with Gasteiger partial charge in [-0.1, -0.05) is 0 Å². The topological polar surface area (TPSA) is 40.6 Å². The third-order valence-corrected chi connectivity index (χ3v) is 4.05. The van der Waals surface area contributed by atoms with Crippen LogP contribution < -0.4 is 0 Å². The predicted molar refractivity (Wildman–Crippen MR) is 63.5 cm³/mol. The summed E-state index contributed by atoms with van der Waals surface area (Å²) in [6, 6.07) is 0. The molecule has 92 valence electrons. The lowest BCUT2D eigenvalue weighted by Crippen LogP contribution is -2.41. The van der Waals surface area contributed by atoms with Crippen molar-refractivity contribution < 1.29 is 9.59 Å². The Labute approximate surface area is 105 Å². The molecular weight excluding hydrogens is 251 g/mol. The predicted octanol–water partition coefficient (Wildman–Crippen LogP) is 1.12. The smallest absolute Gasteiger partial charge is 0.241 e. The van der Waals surface area contributed by atoms with Crippen LogP contribution in [0.3, 0.4) is 0 Å². The highest BCUT2D eigenvalue weighted by Gasteiger charge is 2.68. The number of nitrogens with zero attached hydrogens (tertiary/aromatic N) is 2. The highest BCUT2D eigenvalue weighted by molar-refractivity contribution is 6.53. The molecule has 0 saturated heterocycles. The largest absolute Gasteiger partial charge is 0.347 e. The molecule has 0 aromatic rings. The van der Waals surface area contributed by atoms with Gasteiger partial charge < -0.3 is 9.80 Å². The molecule has 0 aromatic carbocycles. The molecule has 1 saturated carbocycles. The van der Waals surface area contributed by atoms with Gasteiger partial charge in [-0.3, -0.25) is 9.59 Å². The van der Waals surface area contributed by atoms with Gasteiger partial charge in [0.1, 0.15) is 4.33 Å². The van der Waals surface area contributed by atoms with Gasteiger partial charge in [-0.05, 0) is 13.3 Å². The Balaban J connectivity index is 2.60. The molecule has 4 nitrogen and oxygen atoms in total. The molecule has 0 radical (unpaired) electrons. The van der Waals surface area contributed by atoms with Crippen LogP contribution in [0.2, 0.25) is 0 Å². The van der Waals surface area contributed by atoms with Crippen molar-refractivity contribution in [2.75, 3.05) is 27.7 Å². The molecule has 0 bridgehead atoms. The van der Waals surface area contributed by atoms with E-state index in [1.165, 1.54) is 9.80 Å². The van der Waals surface area contributed by atoms with Crippen LogP contribution >= 0.6 is 23.2 Å². The van der Waals surface area contributed by atoms with Crippen LogP contribution in [-0.4, -0.2) is 53.6 Å². The highest BCUT2D eigenvalue weighted by Crippen LogP contribution is 2.64. The summed E-state index contributed by atoms with van der Waals surface area (Å²) < 4.78 is -0.987. The first-order valence-corrected chi connectivity index (χ1v) is 5.71. The lowest BCUT2D eigenvalue weighted by molar-refractivity contribution is -0.141. The minimum atomic E-state index is -0.987. The number of alkyl halides is 2. The Morgan fingerprint density at radius 3 is 2.00 bits per heavy atom. The molecule has 6 heteroatoms. The number of hydrogen-bond acceptors (Lipinski definition) is 2. The highest BCUT2D eigenvalue weighted by atomic mass is 35.5. The molecule has 16 heavy (non-hydrogen) atoms. The molecule has 1 aliphatic carbocycles. The first-order valence-electron chi connectivity index (χ1n) is 4.95. The average molecular weight is 267 g/mol. The van der Waals surface area contributed by atoms with E-state index in [-0.39, 0.29) is 18.4 Å². The third kappa shape index (κ3) is 2.28. The maximum atomic E-state index is 12.0. The van der Waals surface area contributed by atoms with Crippen molar-refractivity contribution in [2.24, 2.45) is 5.41 Å². The van der Waals surface area contributed by atoms with Crippen LogP contribution in [0.25, 0.3) is 0 Å². The quantitative estimate of drug-likeness (QED) is 0.719. The molecule has 0 aliphatic heterocycles. The van der Waals surface area contributed by atoms with E-state index < -0.39 is 9.75 Å². The Kier molecular flexibility index (Phi) is 3.46. The second-order valence-corrected chi connectivity index (χ2v) is 6.15. The van der Waals surface area contributed by atoms with Crippen LogP contribution in [-0.2, 0) is 9.59 Å². The van der Waals surface area contributed by atoms with Crippen LogP contribution in [0, 0.1) is 5.41 Å². The summed E-state index contributed by atoms with van der Waals surface area (Å²) in [4.78, 5) is 26.2. The van der Waals surface area contributed by atoms with E-state index in [0.717, 1.165) is 0 Å². The number of halogens is 2. The fraction of sp³-hybridized carbons (Fsp3) is 0.800. The van der Waals surface area contributed by atoms with Gasteiger partial charge in [0.2, 0.25) is 11.8 Å². The van der Waals surface area contributed by atoms with Gasteiger partial charge in [-0.25, -0.2) is 0 Å². The van der Waals surface area contributed by atoms with Gasteiger partial charge in [0.15, 0.2) is 0 Å². The summed E-state index contributed by atoms with van der Waals surface area (Å²) in [5, 5.41) is 0. The molecule has 2 amide bonds. The standard InChI is InChI=1S/C10H16Cl2N2O2/c1-9(6-10(9,11)12)8(16)14(4)5-7(15)13(2)3/h5-6H2,1-4H3/t9-/m0/s1. The van der Waals surface area contributed by atoms with Gasteiger partial charge in [0.05, 0.1) is 12.0 Å². The van der Waals surface area contributed by atoms with Crippen molar-refractivity contribution >= 4 is 35.0 Å². The van der Waals surface area contributed by atoms with Gasteiger partial charge in [-0.15, -0.1) is 23.2 Å². The molecule has 0 N–H and O–H groups in total. The third-order valence-electron chi connectivity index (χ3n) is 2.95. The summed E-state index contributed by atoms with van der Waals surface area (Å²) in [6.45, 7) is 1.76. The maximum Gasteiger partial charge on any atom is 0.241 e. The Hall–Kier alpha value is -0.480. The molecule has 1 rings (SSSR count). The molecule has 0 unspecified atom stereocenters. The minimum absolute atomic E-state index is 0.0469. The van der Waals surface area contributed by atoms with E-state index >= 15 is 0 Å². The van der Waals surface area contributed by atoms with Crippen LogP contribution in [0.5, 0.6) is 0 Å². The summed E-state index contributed by atoms with van der Waals surface area (Å²) in [5.74, 6) is -0.317. The van der Waals surface area contributed by atoms with Crippen molar-refractivity contribution in [3.8, 4) is 0 Å². The average Bonchev–Trinajstić information content (AvgIpc) is 2.65. The molecule has 0 heterocycles. The zero-order chi connectivity index (χ0) is 12.7. The molecule has 0 spiro atoms. The van der Waals surface area contributed by atoms with Crippen molar-refractivity contribution in [1.82, 2.24) is 9.80 Å². The molecule has 1 atom stereocenters. The normalized spacial score (nSPS) is 26.1. The van der Waals surface area contributed by atoms with Gasteiger partial charge in [0, 0.05) is 21.1 Å². The van der Waals surface area contributed by atoms with Crippen molar-refractivity contribution in [2.45, 2.75) is 17.7 Å². The van der Waals surface area contributed by atoms with Crippen LogP contribution in [0.4, 0.5) is 0 Å². The fourth-order valence-corrected chi connectivity index (χ4v) is 2.17. The number of carbonyl (C=O) groups excluding carboxylic acids is 2. The minimum Gasteiger partial charge on any atom is -0.347 e. The summed E-state index contributed by atoms with van der Waals surface area (Å²) in [5.41, 5.74) is -0.753. The van der Waals surface area contributed by atoms with Crippen LogP contribution in [0.1, 0.15) is 13.3 Å². The summed E-state index contributed by atoms with van der Waals surface area (Å²) in [6.07, 6.45) is 0.433. The zero-order valence-corrected chi connectivity index (χ0v) is 11.4. The van der Waals surface area contributed by atoms with Gasteiger partial charge in [-0.2, -0.15) is 0 Å². The molecule has 1 fully saturated rings. The molecular formula is C10H16Cl2N2O2. The number of amides is 2. The number of hydrogen-bond donors (Lipinski definition) is 0. The summed E-state index contributed by atoms with van der Waals surface area (Å²) >= 11 is 11.8. The Bertz CT molecular complexity index is 331. The SMILES string of the molecule is CN(C)C(=O)CN(C)C(=O)[C@]1(C)CC1(Cl)Cl. The van der Waals surface area contributed by atoms with Crippen molar-refractivity contribution in [3.63, 3.8) is 0 Å². The number of rotatable bonds is 3. The molecule has 1 aliphatic rings. The lowest BCUT2D eigenvalue weighted by atomic mass is 10.1. The van der Waals surface area contributed by atoms with Gasteiger partial charge in [0.25, 0.3) is 0 Å². The lowest BCUT2D eigenvalue weighted by Gasteiger charge is -2.23. The molecule has 0 aromatic heterocycles. The van der Waals surface area contributed by atoms with E-state index in [1.54, 1.807) is 28.1 Å². The monoisotopic (exact) mass is 266 g/mol. The van der Waals surface area contributed by atoms with E-state index in [0.29, 0.717) is 6.42 Å².